The Morgan fingerprint density at radius 1 is 1.00 bits per heavy atom. The number of urea groups is 1. The Balaban J connectivity index is 1.72. The monoisotopic (exact) mass is 372 g/mol. The Hall–Kier alpha value is -2.62. The predicted molar refractivity (Wildman–Crippen MR) is 86.4 cm³/mol. The van der Waals surface area contributed by atoms with Crippen molar-refractivity contribution in [3.63, 3.8) is 0 Å². The molecule has 2 N–H and O–H groups in total. The molecule has 1 saturated heterocycles. The summed E-state index contributed by atoms with van der Waals surface area (Å²) in [5, 5.41) is 3.41. The van der Waals surface area contributed by atoms with E-state index in [9.17, 15) is 27.6 Å². The van der Waals surface area contributed by atoms with Crippen molar-refractivity contribution in [3.05, 3.63) is 35.9 Å². The molecule has 7 nitrogen and oxygen atoms in total. The molecule has 2 rings (SSSR count). The van der Waals surface area contributed by atoms with Gasteiger partial charge in [-0.1, -0.05) is 18.2 Å². The zero-order valence-electron chi connectivity index (χ0n) is 13.9. The molecule has 142 valence electrons. The lowest BCUT2D eigenvalue weighted by Crippen LogP contribution is -2.52. The second kappa shape index (κ2) is 8.65. The number of hydrogen-bond acceptors (Lipinski definition) is 4. The van der Waals surface area contributed by atoms with E-state index in [1.54, 1.807) is 39.4 Å². The van der Waals surface area contributed by atoms with Gasteiger partial charge in [-0.2, -0.15) is 13.2 Å². The van der Waals surface area contributed by atoms with Crippen molar-refractivity contribution in [2.24, 2.45) is 0 Å². The van der Waals surface area contributed by atoms with Gasteiger partial charge in [-0.25, -0.2) is 4.79 Å². The number of amides is 4. The van der Waals surface area contributed by atoms with Crippen LogP contribution in [0.5, 0.6) is 0 Å². The van der Waals surface area contributed by atoms with Crippen LogP contribution >= 0.6 is 0 Å². The van der Waals surface area contributed by atoms with Crippen molar-refractivity contribution >= 4 is 17.8 Å². The molecule has 0 unspecified atom stereocenters. The largest absolute Gasteiger partial charge is 0.405 e. The van der Waals surface area contributed by atoms with E-state index in [0.717, 1.165) is 0 Å². The van der Waals surface area contributed by atoms with Gasteiger partial charge in [0.2, 0.25) is 5.91 Å². The standard InChI is InChI=1S/C16H19F3N4O3/c17-16(18,19)11-20-15(26)21-13(24)10-22-6-8-23(9-7-22)14(25)12-4-2-1-3-5-12/h1-5H,6-11H2,(H2,20,21,24,26). The highest BCUT2D eigenvalue weighted by Gasteiger charge is 2.28. The number of benzene rings is 1. The minimum absolute atomic E-state index is 0.0961. The molecule has 0 bridgehead atoms. The number of hydrogen-bond donors (Lipinski definition) is 2. The van der Waals surface area contributed by atoms with Crippen LogP contribution in [0.25, 0.3) is 0 Å². The Labute approximate surface area is 148 Å². The summed E-state index contributed by atoms with van der Waals surface area (Å²) in [6.45, 7) is 0.0497. The van der Waals surface area contributed by atoms with Crippen molar-refractivity contribution in [3.8, 4) is 0 Å². The topological polar surface area (TPSA) is 81.8 Å². The lowest BCUT2D eigenvalue weighted by Gasteiger charge is -2.34. The highest BCUT2D eigenvalue weighted by atomic mass is 19.4. The summed E-state index contributed by atoms with van der Waals surface area (Å²) in [6, 6.07) is 7.63. The molecular formula is C16H19F3N4O3. The highest BCUT2D eigenvalue weighted by Crippen LogP contribution is 2.12. The average Bonchev–Trinajstić information content (AvgIpc) is 2.60. The maximum absolute atomic E-state index is 12.3. The summed E-state index contributed by atoms with van der Waals surface area (Å²) >= 11 is 0. The second-order valence-corrected chi connectivity index (χ2v) is 5.78. The minimum Gasteiger partial charge on any atom is -0.336 e. The minimum atomic E-state index is -4.54. The zero-order valence-corrected chi connectivity index (χ0v) is 13.9. The number of carbonyl (C=O) groups excluding carboxylic acids is 3. The van der Waals surface area contributed by atoms with Gasteiger partial charge in [0.25, 0.3) is 5.91 Å². The quantitative estimate of drug-likeness (QED) is 0.821. The number of alkyl halides is 3. The molecule has 1 fully saturated rings. The molecular weight excluding hydrogens is 353 g/mol. The van der Waals surface area contributed by atoms with Crippen molar-refractivity contribution < 1.29 is 27.6 Å². The van der Waals surface area contributed by atoms with Crippen LogP contribution in [0.1, 0.15) is 10.4 Å². The molecule has 26 heavy (non-hydrogen) atoms. The van der Waals surface area contributed by atoms with E-state index in [1.165, 1.54) is 0 Å². The number of rotatable bonds is 4. The van der Waals surface area contributed by atoms with Crippen LogP contribution in [0.2, 0.25) is 0 Å². The zero-order chi connectivity index (χ0) is 19.2. The summed E-state index contributed by atoms with van der Waals surface area (Å²) in [5.41, 5.74) is 0.583. The van der Waals surface area contributed by atoms with Gasteiger partial charge < -0.3 is 10.2 Å². The van der Waals surface area contributed by atoms with E-state index in [4.69, 9.17) is 0 Å². The van der Waals surface area contributed by atoms with E-state index in [0.29, 0.717) is 31.7 Å². The molecule has 1 aromatic carbocycles. The summed E-state index contributed by atoms with van der Waals surface area (Å²) in [6.07, 6.45) is -4.54. The smallest absolute Gasteiger partial charge is 0.336 e. The normalized spacial score (nSPS) is 15.4. The maximum Gasteiger partial charge on any atom is 0.405 e. The van der Waals surface area contributed by atoms with E-state index in [-0.39, 0.29) is 12.5 Å². The first-order chi connectivity index (χ1) is 12.2. The molecule has 0 radical (unpaired) electrons. The third-order valence-corrected chi connectivity index (χ3v) is 3.75. The molecule has 0 saturated carbocycles. The molecule has 0 atom stereocenters. The highest BCUT2D eigenvalue weighted by molar-refractivity contribution is 5.95. The molecule has 0 aromatic heterocycles. The molecule has 1 heterocycles. The molecule has 0 aliphatic carbocycles. The Bertz CT molecular complexity index is 644. The van der Waals surface area contributed by atoms with Crippen LogP contribution < -0.4 is 10.6 Å². The number of nitrogens with one attached hydrogen (secondary N) is 2. The van der Waals surface area contributed by atoms with Gasteiger partial charge in [0, 0.05) is 31.7 Å². The van der Waals surface area contributed by atoms with Gasteiger partial charge in [-0.05, 0) is 12.1 Å². The van der Waals surface area contributed by atoms with Gasteiger partial charge in [0.05, 0.1) is 6.54 Å². The fourth-order valence-electron chi connectivity index (χ4n) is 2.47. The molecule has 1 aromatic rings. The van der Waals surface area contributed by atoms with Crippen molar-refractivity contribution in [2.75, 3.05) is 39.3 Å². The van der Waals surface area contributed by atoms with Gasteiger partial charge in [-0.3, -0.25) is 19.8 Å². The van der Waals surface area contributed by atoms with E-state index < -0.39 is 24.7 Å². The Morgan fingerprint density at radius 2 is 1.62 bits per heavy atom. The molecule has 10 heteroatoms. The number of carbonyl (C=O) groups is 3. The van der Waals surface area contributed by atoms with Crippen LogP contribution in [-0.4, -0.2) is 73.1 Å². The van der Waals surface area contributed by atoms with E-state index >= 15 is 0 Å². The molecule has 4 amide bonds. The molecule has 1 aliphatic rings. The average molecular weight is 372 g/mol. The Morgan fingerprint density at radius 3 is 2.19 bits per heavy atom. The summed E-state index contributed by atoms with van der Waals surface area (Å²) < 4.78 is 35.9. The van der Waals surface area contributed by atoms with Gasteiger partial charge in [0.1, 0.15) is 6.54 Å². The third-order valence-electron chi connectivity index (χ3n) is 3.75. The second-order valence-electron chi connectivity index (χ2n) is 5.78. The van der Waals surface area contributed by atoms with Crippen LogP contribution in [0.15, 0.2) is 30.3 Å². The first kappa shape index (κ1) is 19.7. The summed E-state index contributed by atoms with van der Waals surface area (Å²) in [4.78, 5) is 38.6. The van der Waals surface area contributed by atoms with E-state index in [2.05, 4.69) is 0 Å². The van der Waals surface area contributed by atoms with E-state index in [1.807, 2.05) is 11.4 Å². The first-order valence-electron chi connectivity index (χ1n) is 7.96. The van der Waals surface area contributed by atoms with Gasteiger partial charge >= 0.3 is 12.2 Å². The van der Waals surface area contributed by atoms with Crippen molar-refractivity contribution in [2.45, 2.75) is 6.18 Å². The first-order valence-corrected chi connectivity index (χ1v) is 7.96. The van der Waals surface area contributed by atoms with Gasteiger partial charge in [-0.15, -0.1) is 0 Å². The maximum atomic E-state index is 12.3. The number of nitrogens with zero attached hydrogens (tertiary/aromatic N) is 2. The molecule has 0 spiro atoms. The third kappa shape index (κ3) is 6.36. The number of imide groups is 1. The number of piperazine rings is 1. The SMILES string of the molecule is O=C(CN1CCN(C(=O)c2ccccc2)CC1)NC(=O)NCC(F)(F)F. The van der Waals surface area contributed by atoms with Crippen molar-refractivity contribution in [1.82, 2.24) is 20.4 Å². The predicted octanol–water partition coefficient (Wildman–Crippen LogP) is 0.832. The summed E-state index contributed by atoms with van der Waals surface area (Å²) in [7, 11) is 0. The number of halogens is 3. The lowest BCUT2D eigenvalue weighted by atomic mass is 10.2. The van der Waals surface area contributed by atoms with Gasteiger partial charge in [0.15, 0.2) is 0 Å². The summed E-state index contributed by atoms with van der Waals surface area (Å²) in [5.74, 6) is -0.797. The fourth-order valence-corrected chi connectivity index (χ4v) is 2.47. The van der Waals surface area contributed by atoms with Crippen LogP contribution in [0, 0.1) is 0 Å². The van der Waals surface area contributed by atoms with Crippen LogP contribution in [0.4, 0.5) is 18.0 Å². The Kier molecular flexibility index (Phi) is 6.56. The fraction of sp³-hybridized carbons (Fsp3) is 0.438. The van der Waals surface area contributed by atoms with Crippen LogP contribution in [-0.2, 0) is 4.79 Å². The van der Waals surface area contributed by atoms with Crippen molar-refractivity contribution in [1.29, 1.82) is 0 Å². The lowest BCUT2D eigenvalue weighted by molar-refractivity contribution is -0.125. The van der Waals surface area contributed by atoms with Crippen LogP contribution in [0.3, 0.4) is 0 Å². The molecule has 1 aliphatic heterocycles.